The molecule has 2 aromatic heterocycles. The van der Waals surface area contributed by atoms with Crippen LogP contribution in [0.5, 0.6) is 0 Å². The highest BCUT2D eigenvalue weighted by Gasteiger charge is 2.23. The average Bonchev–Trinajstić information content (AvgIpc) is 2.98. The summed E-state index contributed by atoms with van der Waals surface area (Å²) in [5, 5.41) is 2.93. The summed E-state index contributed by atoms with van der Waals surface area (Å²) in [6.45, 7) is 0. The fourth-order valence-corrected chi connectivity index (χ4v) is 2.51. The van der Waals surface area contributed by atoms with E-state index < -0.39 is 17.8 Å². The van der Waals surface area contributed by atoms with Crippen LogP contribution in [0.25, 0.3) is 0 Å². The van der Waals surface area contributed by atoms with Crippen molar-refractivity contribution in [3.63, 3.8) is 0 Å². The lowest BCUT2D eigenvalue weighted by Gasteiger charge is -2.19. The molecule has 122 valence electrons. The normalized spacial score (nSPS) is 12.0. The van der Waals surface area contributed by atoms with Crippen LogP contribution in [0.4, 0.5) is 4.39 Å². The van der Waals surface area contributed by atoms with Crippen LogP contribution in [-0.4, -0.2) is 25.4 Å². The Kier molecular flexibility index (Phi) is 4.52. The van der Waals surface area contributed by atoms with Crippen molar-refractivity contribution in [1.29, 1.82) is 0 Å². The van der Waals surface area contributed by atoms with Gasteiger partial charge < -0.3 is 9.88 Å². The van der Waals surface area contributed by atoms with Crippen molar-refractivity contribution in [3.05, 3.63) is 77.1 Å². The number of hydrogen-bond donors (Lipinski definition) is 1. The van der Waals surface area contributed by atoms with Crippen molar-refractivity contribution in [3.8, 4) is 0 Å². The first-order chi connectivity index (χ1) is 11.6. The van der Waals surface area contributed by atoms with Crippen molar-refractivity contribution >= 4 is 17.5 Å². The zero-order chi connectivity index (χ0) is 17.1. The Bertz CT molecular complexity index is 882. The molecule has 0 fully saturated rings. The average molecular weight is 346 g/mol. The Hall–Kier alpha value is -2.80. The number of benzene rings is 1. The van der Waals surface area contributed by atoms with E-state index in [-0.39, 0.29) is 10.7 Å². The minimum atomic E-state index is -0.653. The predicted octanol–water partition coefficient (Wildman–Crippen LogP) is 2.52. The van der Waals surface area contributed by atoms with Gasteiger partial charge in [0.2, 0.25) is 0 Å². The Labute approximate surface area is 142 Å². The summed E-state index contributed by atoms with van der Waals surface area (Å²) >= 11 is 5.96. The molecule has 0 bridgehead atoms. The molecule has 8 heteroatoms. The van der Waals surface area contributed by atoms with Gasteiger partial charge >= 0.3 is 0 Å². The third-order valence-electron chi connectivity index (χ3n) is 3.46. The summed E-state index contributed by atoms with van der Waals surface area (Å²) in [6.07, 6.45) is 5.91. The molecule has 0 saturated carbocycles. The summed E-state index contributed by atoms with van der Waals surface area (Å²) in [4.78, 5) is 24.4. The number of aryl methyl sites for hydroxylation is 1. The molecule has 0 spiro atoms. The van der Waals surface area contributed by atoms with Crippen LogP contribution in [-0.2, 0) is 7.05 Å². The third kappa shape index (κ3) is 3.26. The highest BCUT2D eigenvalue weighted by Crippen LogP contribution is 2.22. The molecule has 1 amide bonds. The molecule has 0 saturated heterocycles. The predicted molar refractivity (Wildman–Crippen MR) is 86.0 cm³/mol. The summed E-state index contributed by atoms with van der Waals surface area (Å²) in [7, 11) is 1.79. The van der Waals surface area contributed by atoms with Crippen molar-refractivity contribution in [2.45, 2.75) is 6.04 Å². The molecular formula is C16H13ClFN5O. The van der Waals surface area contributed by atoms with Crippen LogP contribution in [0.3, 0.4) is 0 Å². The maximum atomic E-state index is 13.6. The number of carbonyl (C=O) groups excluding carboxylic acids is 1. The second kappa shape index (κ2) is 6.76. The fourth-order valence-electron chi connectivity index (χ4n) is 2.32. The second-order valence-corrected chi connectivity index (χ2v) is 5.48. The van der Waals surface area contributed by atoms with Gasteiger partial charge in [0.1, 0.15) is 29.7 Å². The molecule has 2 heterocycles. The standard InChI is InChI=1S/C16H13ClFN5O/c1-23-6-5-20-15(23)13(10-3-2-4-11(18)7-10)22-16(24)14-12(17)8-19-9-21-14/h2-9,13H,1H3,(H,22,24)/t13-/m0/s1. The monoisotopic (exact) mass is 345 g/mol. The number of imidazole rings is 1. The number of nitrogens with one attached hydrogen (secondary N) is 1. The Morgan fingerprint density at radius 1 is 1.38 bits per heavy atom. The molecule has 3 aromatic rings. The molecule has 0 aliphatic heterocycles. The second-order valence-electron chi connectivity index (χ2n) is 5.08. The van der Waals surface area contributed by atoms with Crippen molar-refractivity contribution in [1.82, 2.24) is 24.8 Å². The van der Waals surface area contributed by atoms with Crippen molar-refractivity contribution < 1.29 is 9.18 Å². The van der Waals surface area contributed by atoms with Gasteiger partial charge in [0.25, 0.3) is 5.91 Å². The largest absolute Gasteiger partial charge is 0.337 e. The van der Waals surface area contributed by atoms with Gasteiger partial charge in [-0.1, -0.05) is 23.7 Å². The lowest BCUT2D eigenvalue weighted by molar-refractivity contribution is 0.0936. The van der Waals surface area contributed by atoms with Crippen molar-refractivity contribution in [2.75, 3.05) is 0 Å². The van der Waals surface area contributed by atoms with E-state index in [1.165, 1.54) is 24.7 Å². The molecule has 6 nitrogen and oxygen atoms in total. The summed E-state index contributed by atoms with van der Waals surface area (Å²) in [6, 6.07) is 5.32. The number of amides is 1. The topological polar surface area (TPSA) is 72.7 Å². The number of hydrogen-bond acceptors (Lipinski definition) is 4. The van der Waals surface area contributed by atoms with Gasteiger partial charge in [0.05, 0.1) is 5.02 Å². The molecule has 0 aliphatic carbocycles. The van der Waals surface area contributed by atoms with Crippen LogP contribution in [0.2, 0.25) is 5.02 Å². The fraction of sp³-hybridized carbons (Fsp3) is 0.125. The van der Waals surface area contributed by atoms with Crippen LogP contribution < -0.4 is 5.32 Å². The van der Waals surface area contributed by atoms with Crippen LogP contribution in [0.1, 0.15) is 27.9 Å². The van der Waals surface area contributed by atoms with E-state index in [9.17, 15) is 9.18 Å². The molecule has 1 N–H and O–H groups in total. The lowest BCUT2D eigenvalue weighted by atomic mass is 10.1. The number of carbonyl (C=O) groups is 1. The van der Waals surface area contributed by atoms with Crippen molar-refractivity contribution in [2.24, 2.45) is 7.05 Å². The van der Waals surface area contributed by atoms with Gasteiger partial charge in [-0.05, 0) is 17.7 Å². The first kappa shape index (κ1) is 16.1. The van der Waals surface area contributed by atoms with E-state index in [0.717, 1.165) is 0 Å². The first-order valence-corrected chi connectivity index (χ1v) is 7.43. The molecule has 1 atom stereocenters. The minimum Gasteiger partial charge on any atom is -0.337 e. The zero-order valence-electron chi connectivity index (χ0n) is 12.6. The van der Waals surface area contributed by atoms with E-state index in [2.05, 4.69) is 20.3 Å². The van der Waals surface area contributed by atoms with Gasteiger partial charge in [-0.15, -0.1) is 0 Å². The molecule has 0 aliphatic rings. The number of aromatic nitrogens is 4. The van der Waals surface area contributed by atoms with E-state index >= 15 is 0 Å². The highest BCUT2D eigenvalue weighted by atomic mass is 35.5. The van der Waals surface area contributed by atoms with E-state index in [4.69, 9.17) is 11.6 Å². The minimum absolute atomic E-state index is 0.0438. The number of halogens is 2. The third-order valence-corrected chi connectivity index (χ3v) is 3.73. The molecule has 3 rings (SSSR count). The highest BCUT2D eigenvalue weighted by molar-refractivity contribution is 6.33. The number of nitrogens with zero attached hydrogens (tertiary/aromatic N) is 4. The maximum Gasteiger partial charge on any atom is 0.272 e. The van der Waals surface area contributed by atoms with Gasteiger partial charge in [0.15, 0.2) is 0 Å². The Balaban J connectivity index is 1.98. The molecule has 0 unspecified atom stereocenters. The lowest BCUT2D eigenvalue weighted by Crippen LogP contribution is -2.32. The summed E-state index contributed by atoms with van der Waals surface area (Å²) < 4.78 is 15.4. The van der Waals surface area contributed by atoms with E-state index in [0.29, 0.717) is 11.4 Å². The number of rotatable bonds is 4. The Morgan fingerprint density at radius 3 is 2.88 bits per heavy atom. The van der Waals surface area contributed by atoms with Crippen LogP contribution in [0, 0.1) is 5.82 Å². The smallest absolute Gasteiger partial charge is 0.272 e. The van der Waals surface area contributed by atoms with Gasteiger partial charge in [-0.3, -0.25) is 4.79 Å². The summed E-state index contributed by atoms with van der Waals surface area (Å²) in [5.74, 6) is -0.347. The SMILES string of the molecule is Cn1ccnc1[C@@H](NC(=O)c1ncncc1Cl)c1cccc(F)c1. The molecule has 24 heavy (non-hydrogen) atoms. The van der Waals surface area contributed by atoms with Crippen LogP contribution >= 0.6 is 11.6 Å². The zero-order valence-corrected chi connectivity index (χ0v) is 13.4. The van der Waals surface area contributed by atoms with Gasteiger partial charge in [-0.2, -0.15) is 0 Å². The first-order valence-electron chi connectivity index (χ1n) is 7.05. The summed E-state index contributed by atoms with van der Waals surface area (Å²) in [5.41, 5.74) is 0.602. The van der Waals surface area contributed by atoms with Gasteiger partial charge in [-0.25, -0.2) is 19.3 Å². The Morgan fingerprint density at radius 2 is 2.21 bits per heavy atom. The molecule has 1 aromatic carbocycles. The quantitative estimate of drug-likeness (QED) is 0.788. The molecule has 0 radical (unpaired) electrons. The maximum absolute atomic E-state index is 13.6. The molecular weight excluding hydrogens is 333 g/mol. The van der Waals surface area contributed by atoms with E-state index in [1.54, 1.807) is 36.1 Å². The van der Waals surface area contributed by atoms with Crippen LogP contribution in [0.15, 0.2) is 49.2 Å². The van der Waals surface area contributed by atoms with Gasteiger partial charge in [0, 0.05) is 25.6 Å². The van der Waals surface area contributed by atoms with E-state index in [1.807, 2.05) is 0 Å².